The third-order valence-corrected chi connectivity index (χ3v) is 3.36. The van der Waals surface area contributed by atoms with E-state index in [0.717, 1.165) is 12.1 Å². The van der Waals surface area contributed by atoms with E-state index in [4.69, 9.17) is 0 Å². The van der Waals surface area contributed by atoms with E-state index in [-0.39, 0.29) is 0 Å². The molecule has 0 saturated carbocycles. The molecule has 0 bridgehead atoms. The Morgan fingerprint density at radius 3 is 1.68 bits per heavy atom. The summed E-state index contributed by atoms with van der Waals surface area (Å²) < 4.78 is 116. The Morgan fingerprint density at radius 2 is 1.24 bits per heavy atom. The summed E-state index contributed by atoms with van der Waals surface area (Å²) in [6, 6.07) is 4.40. The van der Waals surface area contributed by atoms with E-state index < -0.39 is 58.6 Å². The van der Waals surface area contributed by atoms with Crippen LogP contribution in [0.5, 0.6) is 5.75 Å². The van der Waals surface area contributed by atoms with E-state index >= 15 is 0 Å². The van der Waals surface area contributed by atoms with E-state index in [1.807, 2.05) is 0 Å². The fourth-order valence-corrected chi connectivity index (χ4v) is 2.14. The van der Waals surface area contributed by atoms with Gasteiger partial charge in [-0.2, -0.15) is 26.3 Å². The standard InChI is InChI=1S/C16H10F8O/c1-2-25-14-12(19)10(17)9(11(18)13(14)20)16(23,24)15(21,22)8-6-4-3-5-7-8/h3-7H,2H2,1H3. The van der Waals surface area contributed by atoms with Crippen molar-refractivity contribution in [3.63, 3.8) is 0 Å². The summed E-state index contributed by atoms with van der Waals surface area (Å²) >= 11 is 0. The lowest BCUT2D eigenvalue weighted by molar-refractivity contribution is -0.227. The fourth-order valence-electron chi connectivity index (χ4n) is 2.14. The van der Waals surface area contributed by atoms with E-state index in [9.17, 15) is 35.1 Å². The van der Waals surface area contributed by atoms with Crippen LogP contribution < -0.4 is 4.74 Å². The van der Waals surface area contributed by atoms with E-state index in [1.165, 1.54) is 13.0 Å². The molecule has 0 heterocycles. The first-order chi connectivity index (χ1) is 11.6. The lowest BCUT2D eigenvalue weighted by atomic mass is 9.94. The van der Waals surface area contributed by atoms with Gasteiger partial charge in [0.25, 0.3) is 0 Å². The van der Waals surface area contributed by atoms with Gasteiger partial charge in [-0.3, -0.25) is 0 Å². The molecule has 0 spiro atoms. The zero-order valence-corrected chi connectivity index (χ0v) is 12.5. The molecule has 25 heavy (non-hydrogen) atoms. The quantitative estimate of drug-likeness (QED) is 0.497. The maximum atomic E-state index is 14.2. The SMILES string of the molecule is CCOc1c(F)c(F)c(C(F)(F)C(F)(F)c2ccccc2)c(F)c1F. The van der Waals surface area contributed by atoms with E-state index in [0.29, 0.717) is 12.1 Å². The summed E-state index contributed by atoms with van der Waals surface area (Å²) in [5.41, 5.74) is -3.99. The molecule has 0 N–H and O–H groups in total. The van der Waals surface area contributed by atoms with Crippen molar-refractivity contribution in [3.05, 3.63) is 64.7 Å². The van der Waals surface area contributed by atoms with Gasteiger partial charge in [-0.25, -0.2) is 8.78 Å². The molecule has 9 heteroatoms. The summed E-state index contributed by atoms with van der Waals surface area (Å²) in [4.78, 5) is 0. The molecular formula is C16H10F8O. The zero-order valence-electron chi connectivity index (χ0n) is 12.5. The van der Waals surface area contributed by atoms with Gasteiger partial charge in [0.2, 0.25) is 11.6 Å². The Kier molecular flexibility index (Phi) is 4.97. The van der Waals surface area contributed by atoms with Crippen molar-refractivity contribution in [2.24, 2.45) is 0 Å². The molecule has 0 aliphatic heterocycles. The fraction of sp³-hybridized carbons (Fsp3) is 0.250. The van der Waals surface area contributed by atoms with Gasteiger partial charge in [-0.15, -0.1) is 0 Å². The Morgan fingerprint density at radius 1 is 0.760 bits per heavy atom. The molecular weight excluding hydrogens is 360 g/mol. The highest BCUT2D eigenvalue weighted by atomic mass is 19.3. The van der Waals surface area contributed by atoms with Crippen LogP contribution in [0.2, 0.25) is 0 Å². The van der Waals surface area contributed by atoms with Gasteiger partial charge in [0.1, 0.15) is 5.56 Å². The Labute approximate surface area is 136 Å². The average Bonchev–Trinajstić information content (AvgIpc) is 2.57. The predicted molar refractivity (Wildman–Crippen MR) is 71.7 cm³/mol. The van der Waals surface area contributed by atoms with Crippen molar-refractivity contribution >= 4 is 0 Å². The molecule has 1 nitrogen and oxygen atoms in total. The monoisotopic (exact) mass is 370 g/mol. The molecule has 0 aliphatic rings. The number of benzene rings is 2. The third kappa shape index (κ3) is 2.91. The highest BCUT2D eigenvalue weighted by Crippen LogP contribution is 2.52. The van der Waals surface area contributed by atoms with Crippen molar-refractivity contribution in [1.29, 1.82) is 0 Å². The summed E-state index contributed by atoms with van der Waals surface area (Å²) in [6.07, 6.45) is 0. The minimum absolute atomic E-state index is 0.442. The molecule has 0 amide bonds. The average molecular weight is 370 g/mol. The number of hydrogen-bond acceptors (Lipinski definition) is 1. The highest BCUT2D eigenvalue weighted by molar-refractivity contribution is 5.39. The van der Waals surface area contributed by atoms with Crippen LogP contribution in [0.1, 0.15) is 18.1 Å². The smallest absolute Gasteiger partial charge is 0.345 e. The Balaban J connectivity index is 2.72. The van der Waals surface area contributed by atoms with E-state index in [2.05, 4.69) is 4.74 Å². The van der Waals surface area contributed by atoms with Gasteiger partial charge >= 0.3 is 11.8 Å². The largest absolute Gasteiger partial charge is 0.488 e. The molecule has 0 aromatic heterocycles. The second kappa shape index (κ2) is 6.53. The number of rotatable bonds is 5. The van der Waals surface area contributed by atoms with Crippen LogP contribution in [0.4, 0.5) is 35.1 Å². The summed E-state index contributed by atoms with van der Waals surface area (Å²) in [5, 5.41) is 0. The molecule has 2 aromatic rings. The summed E-state index contributed by atoms with van der Waals surface area (Å²) in [7, 11) is 0. The van der Waals surface area contributed by atoms with Crippen LogP contribution in [0.3, 0.4) is 0 Å². The van der Waals surface area contributed by atoms with Crippen LogP contribution in [-0.4, -0.2) is 6.61 Å². The zero-order chi connectivity index (χ0) is 19.0. The predicted octanol–water partition coefficient (Wildman–Crippen LogP) is 5.53. The van der Waals surface area contributed by atoms with Crippen LogP contribution >= 0.6 is 0 Å². The molecule has 0 saturated heterocycles. The van der Waals surface area contributed by atoms with Crippen molar-refractivity contribution in [2.75, 3.05) is 6.61 Å². The highest BCUT2D eigenvalue weighted by Gasteiger charge is 2.62. The van der Waals surface area contributed by atoms with Gasteiger partial charge in [-0.1, -0.05) is 30.3 Å². The first-order valence-corrected chi connectivity index (χ1v) is 6.87. The Hall–Kier alpha value is -2.32. The maximum Gasteiger partial charge on any atom is 0.345 e. The van der Waals surface area contributed by atoms with Crippen LogP contribution in [0.25, 0.3) is 0 Å². The second-order valence-electron chi connectivity index (χ2n) is 4.91. The molecule has 2 aromatic carbocycles. The number of halogens is 8. The summed E-state index contributed by atoms with van der Waals surface area (Å²) in [6.45, 7) is 0.767. The lowest BCUT2D eigenvalue weighted by Crippen LogP contribution is -2.38. The Bertz CT molecular complexity index is 744. The van der Waals surface area contributed by atoms with Gasteiger partial charge < -0.3 is 4.74 Å². The van der Waals surface area contributed by atoms with E-state index in [1.54, 1.807) is 0 Å². The number of hydrogen-bond donors (Lipinski definition) is 0. The van der Waals surface area contributed by atoms with Crippen molar-refractivity contribution < 1.29 is 39.9 Å². The number of ether oxygens (including phenoxy) is 1. The topological polar surface area (TPSA) is 9.23 Å². The van der Waals surface area contributed by atoms with Crippen molar-refractivity contribution in [2.45, 2.75) is 18.8 Å². The van der Waals surface area contributed by atoms with Crippen LogP contribution in [0, 0.1) is 23.3 Å². The summed E-state index contributed by atoms with van der Waals surface area (Å²) in [5.74, 6) is -22.2. The first-order valence-electron chi connectivity index (χ1n) is 6.87. The molecule has 2 rings (SSSR count). The van der Waals surface area contributed by atoms with Crippen molar-refractivity contribution in [3.8, 4) is 5.75 Å². The molecule has 0 unspecified atom stereocenters. The minimum Gasteiger partial charge on any atom is -0.488 e. The van der Waals surface area contributed by atoms with Gasteiger partial charge in [0, 0.05) is 5.56 Å². The molecule has 0 aliphatic carbocycles. The number of alkyl halides is 4. The van der Waals surface area contributed by atoms with Crippen LogP contribution in [0.15, 0.2) is 30.3 Å². The minimum atomic E-state index is -5.57. The van der Waals surface area contributed by atoms with Gasteiger partial charge in [-0.05, 0) is 6.92 Å². The maximum absolute atomic E-state index is 14.2. The van der Waals surface area contributed by atoms with Gasteiger partial charge in [0.15, 0.2) is 17.4 Å². The van der Waals surface area contributed by atoms with Gasteiger partial charge in [0.05, 0.1) is 6.61 Å². The molecule has 0 radical (unpaired) electrons. The third-order valence-electron chi connectivity index (χ3n) is 3.36. The second-order valence-corrected chi connectivity index (χ2v) is 4.91. The first kappa shape index (κ1) is 19.0. The normalized spacial score (nSPS) is 12.4. The lowest BCUT2D eigenvalue weighted by Gasteiger charge is -2.28. The van der Waals surface area contributed by atoms with Crippen LogP contribution in [-0.2, 0) is 11.8 Å². The van der Waals surface area contributed by atoms with Crippen molar-refractivity contribution in [1.82, 2.24) is 0 Å². The molecule has 0 atom stereocenters. The molecule has 0 fully saturated rings. The molecule has 136 valence electrons.